The van der Waals surface area contributed by atoms with Gasteiger partial charge in [0.2, 0.25) is 20.0 Å². The maximum absolute atomic E-state index is 13.1. The Labute approximate surface area is 213 Å². The van der Waals surface area contributed by atoms with Crippen LogP contribution in [0.15, 0.2) is 47.4 Å². The second kappa shape index (κ2) is 11.5. The number of anilines is 2. The van der Waals surface area contributed by atoms with E-state index < -0.39 is 26.0 Å². The van der Waals surface area contributed by atoms with Crippen molar-refractivity contribution in [3.05, 3.63) is 53.6 Å². The molecular weight excluding hydrogens is 504 g/mol. The zero-order valence-electron chi connectivity index (χ0n) is 20.7. The molecule has 10 nitrogen and oxygen atoms in total. The normalized spacial score (nSPS) is 15.4. The van der Waals surface area contributed by atoms with E-state index in [0.717, 1.165) is 29.9 Å². The number of carbonyl (C=O) groups excluding carboxylic acids is 2. The van der Waals surface area contributed by atoms with Gasteiger partial charge in [-0.05, 0) is 55.4 Å². The second-order valence-corrected chi connectivity index (χ2v) is 12.7. The van der Waals surface area contributed by atoms with Crippen molar-refractivity contribution in [1.29, 1.82) is 0 Å². The van der Waals surface area contributed by atoms with Crippen LogP contribution in [-0.4, -0.2) is 84.3 Å². The minimum atomic E-state index is -3.66. The zero-order chi connectivity index (χ0) is 26.5. The van der Waals surface area contributed by atoms with Crippen LogP contribution in [0.25, 0.3) is 0 Å². The molecule has 0 bridgehead atoms. The van der Waals surface area contributed by atoms with Crippen molar-refractivity contribution in [2.24, 2.45) is 0 Å². The summed E-state index contributed by atoms with van der Waals surface area (Å²) in [5.74, 6) is -0.636. The topological polar surface area (TPSA) is 124 Å². The van der Waals surface area contributed by atoms with Gasteiger partial charge in [0.05, 0.1) is 22.4 Å². The summed E-state index contributed by atoms with van der Waals surface area (Å²) in [6.07, 6.45) is 3.75. The molecule has 0 radical (unpaired) electrons. The Balaban J connectivity index is 1.75. The molecule has 0 saturated carbocycles. The zero-order valence-corrected chi connectivity index (χ0v) is 22.3. The molecule has 12 heteroatoms. The van der Waals surface area contributed by atoms with E-state index in [-0.39, 0.29) is 21.7 Å². The minimum Gasteiger partial charge on any atom is -0.322 e. The lowest BCUT2D eigenvalue weighted by atomic mass is 10.1. The van der Waals surface area contributed by atoms with E-state index in [1.54, 1.807) is 0 Å². The summed E-state index contributed by atoms with van der Waals surface area (Å²) in [6.45, 7) is 5.33. The largest absolute Gasteiger partial charge is 0.322 e. The molecule has 1 amide bonds. The fourth-order valence-electron chi connectivity index (χ4n) is 3.90. The van der Waals surface area contributed by atoms with E-state index in [1.807, 2.05) is 0 Å². The summed E-state index contributed by atoms with van der Waals surface area (Å²) in [5.41, 5.74) is 0.637. The van der Waals surface area contributed by atoms with Crippen LogP contribution in [0.1, 0.15) is 40.5 Å². The van der Waals surface area contributed by atoms with Crippen molar-refractivity contribution in [2.75, 3.05) is 55.6 Å². The maximum Gasteiger partial charge on any atom is 0.257 e. The first kappa shape index (κ1) is 27.8. The number of benzene rings is 2. The molecule has 0 aliphatic carbocycles. The molecule has 196 valence electrons. The minimum absolute atomic E-state index is 0.00910. The number of amides is 1. The highest BCUT2D eigenvalue weighted by Crippen LogP contribution is 2.25. The van der Waals surface area contributed by atoms with Crippen LogP contribution in [-0.2, 0) is 20.0 Å². The van der Waals surface area contributed by atoms with Gasteiger partial charge in [0.1, 0.15) is 6.29 Å². The van der Waals surface area contributed by atoms with Crippen LogP contribution in [0.2, 0.25) is 0 Å². The van der Waals surface area contributed by atoms with E-state index in [1.165, 1.54) is 53.8 Å². The van der Waals surface area contributed by atoms with Gasteiger partial charge in [-0.2, -0.15) is 4.31 Å². The second-order valence-electron chi connectivity index (χ2n) is 8.70. The number of hydrogen-bond donors (Lipinski definition) is 1. The Morgan fingerprint density at radius 2 is 1.67 bits per heavy atom. The van der Waals surface area contributed by atoms with Gasteiger partial charge in [-0.3, -0.25) is 13.9 Å². The molecule has 1 saturated heterocycles. The summed E-state index contributed by atoms with van der Waals surface area (Å²) in [5, 5.41) is 2.65. The van der Waals surface area contributed by atoms with Gasteiger partial charge in [-0.1, -0.05) is 13.3 Å². The Bertz CT molecular complexity index is 1300. The summed E-state index contributed by atoms with van der Waals surface area (Å²) in [7, 11) is -6.01. The van der Waals surface area contributed by atoms with Crippen molar-refractivity contribution < 1.29 is 26.4 Å². The molecule has 0 atom stereocenters. The van der Waals surface area contributed by atoms with Gasteiger partial charge in [0.25, 0.3) is 5.91 Å². The predicted molar refractivity (Wildman–Crippen MR) is 140 cm³/mol. The van der Waals surface area contributed by atoms with Crippen molar-refractivity contribution in [3.63, 3.8) is 0 Å². The van der Waals surface area contributed by atoms with Crippen LogP contribution in [0.4, 0.5) is 11.4 Å². The molecule has 0 aromatic heterocycles. The Kier molecular flexibility index (Phi) is 8.88. The molecule has 1 aliphatic heterocycles. The number of unbranched alkanes of at least 4 members (excludes halogenated alkanes) is 1. The van der Waals surface area contributed by atoms with Crippen molar-refractivity contribution >= 4 is 43.6 Å². The third-order valence-corrected chi connectivity index (χ3v) is 9.25. The maximum atomic E-state index is 13.1. The van der Waals surface area contributed by atoms with E-state index in [2.05, 4.69) is 17.1 Å². The highest BCUT2D eigenvalue weighted by Gasteiger charge is 2.28. The molecule has 1 heterocycles. The molecule has 1 N–H and O–H groups in total. The highest BCUT2D eigenvalue weighted by atomic mass is 32.2. The number of sulfonamides is 2. The van der Waals surface area contributed by atoms with Gasteiger partial charge >= 0.3 is 0 Å². The first-order chi connectivity index (χ1) is 17.0. The molecule has 0 unspecified atom stereocenters. The summed E-state index contributed by atoms with van der Waals surface area (Å²) >= 11 is 0. The summed E-state index contributed by atoms with van der Waals surface area (Å²) in [6, 6.07) is 9.93. The molecule has 1 aliphatic rings. The number of piperazine rings is 1. The quantitative estimate of drug-likeness (QED) is 0.462. The lowest BCUT2D eigenvalue weighted by molar-refractivity contribution is 0.102. The van der Waals surface area contributed by atoms with Crippen LogP contribution < -0.4 is 9.62 Å². The third kappa shape index (κ3) is 6.49. The van der Waals surface area contributed by atoms with Crippen molar-refractivity contribution in [1.82, 2.24) is 9.21 Å². The number of nitrogens with zero attached hydrogens (tertiary/aromatic N) is 3. The monoisotopic (exact) mass is 536 g/mol. The molecule has 1 fully saturated rings. The number of rotatable bonds is 10. The average molecular weight is 537 g/mol. The van der Waals surface area contributed by atoms with Crippen LogP contribution in [0, 0.1) is 0 Å². The first-order valence-corrected chi connectivity index (χ1v) is 14.9. The Morgan fingerprint density at radius 3 is 2.22 bits per heavy atom. The van der Waals surface area contributed by atoms with Crippen LogP contribution in [0.3, 0.4) is 0 Å². The van der Waals surface area contributed by atoms with Gasteiger partial charge in [-0.25, -0.2) is 16.8 Å². The highest BCUT2D eigenvalue weighted by molar-refractivity contribution is 7.92. The van der Waals surface area contributed by atoms with Crippen molar-refractivity contribution in [2.45, 2.75) is 24.7 Å². The summed E-state index contributed by atoms with van der Waals surface area (Å²) < 4.78 is 52.6. The lowest BCUT2D eigenvalue weighted by Gasteiger charge is -2.33. The SMILES string of the molecule is CCCCN1CCN(S(=O)(=O)c2ccc(NC(=O)c3cc(C=O)ccc3N(C)S(C)(=O)=O)cc2)CC1. The number of nitrogens with one attached hydrogen (secondary N) is 1. The van der Waals surface area contributed by atoms with Gasteiger partial charge in [0.15, 0.2) is 0 Å². The predicted octanol–water partition coefficient (Wildman–Crippen LogP) is 2.25. The van der Waals surface area contributed by atoms with Gasteiger partial charge < -0.3 is 10.2 Å². The van der Waals surface area contributed by atoms with Crippen LogP contribution in [0.5, 0.6) is 0 Å². The fraction of sp³-hybridized carbons (Fsp3) is 0.417. The smallest absolute Gasteiger partial charge is 0.257 e. The fourth-order valence-corrected chi connectivity index (χ4v) is 5.83. The Morgan fingerprint density at radius 1 is 1.03 bits per heavy atom. The molecule has 2 aromatic rings. The third-order valence-electron chi connectivity index (χ3n) is 6.15. The van der Waals surface area contributed by atoms with Crippen molar-refractivity contribution in [3.8, 4) is 0 Å². The van der Waals surface area contributed by atoms with Gasteiger partial charge in [-0.15, -0.1) is 0 Å². The molecule has 3 rings (SSSR count). The van der Waals surface area contributed by atoms with E-state index in [0.29, 0.717) is 38.2 Å². The van der Waals surface area contributed by atoms with E-state index in [9.17, 15) is 26.4 Å². The Hall–Kier alpha value is -2.80. The summed E-state index contributed by atoms with van der Waals surface area (Å²) in [4.78, 5) is 26.6. The molecule has 36 heavy (non-hydrogen) atoms. The standard InChI is InChI=1S/C24H32N4O6S2/c1-4-5-12-27-13-15-28(16-14-27)36(33,34)21-9-7-20(8-10-21)25-24(30)22-17-19(18-29)6-11-23(22)26(2)35(3,31)32/h6-11,17-18H,4-5,12-16H2,1-3H3,(H,25,30). The number of carbonyl (C=O) groups is 2. The average Bonchev–Trinajstić information content (AvgIpc) is 2.86. The number of hydrogen-bond acceptors (Lipinski definition) is 7. The first-order valence-electron chi connectivity index (χ1n) is 11.6. The van der Waals surface area contributed by atoms with E-state index >= 15 is 0 Å². The number of aldehydes is 1. The molecule has 0 spiro atoms. The molecular formula is C24H32N4O6S2. The molecule has 2 aromatic carbocycles. The lowest BCUT2D eigenvalue weighted by Crippen LogP contribution is -2.48. The van der Waals surface area contributed by atoms with Crippen LogP contribution >= 0.6 is 0 Å². The van der Waals surface area contributed by atoms with Gasteiger partial charge in [0, 0.05) is 44.5 Å². The van der Waals surface area contributed by atoms with E-state index in [4.69, 9.17) is 0 Å².